The molecule has 6 heteroatoms. The van der Waals surface area contributed by atoms with E-state index in [0.717, 1.165) is 68.4 Å². The molecule has 1 saturated heterocycles. The van der Waals surface area contributed by atoms with Gasteiger partial charge < -0.3 is 14.2 Å². The number of benzene rings is 1. The summed E-state index contributed by atoms with van der Waals surface area (Å²) in [5, 5.41) is 8.92. The molecule has 1 aliphatic heterocycles. The van der Waals surface area contributed by atoms with Crippen molar-refractivity contribution in [1.82, 2.24) is 19.7 Å². The number of carbonyl (C=O) groups is 1. The molecule has 176 valence electrons. The van der Waals surface area contributed by atoms with Crippen LogP contribution in [0.2, 0.25) is 0 Å². The fourth-order valence-corrected chi connectivity index (χ4v) is 6.86. The maximum atomic E-state index is 14.3. The van der Waals surface area contributed by atoms with Crippen molar-refractivity contribution in [2.24, 2.45) is 11.3 Å². The Morgan fingerprint density at radius 3 is 2.45 bits per heavy atom. The summed E-state index contributed by atoms with van der Waals surface area (Å²) in [6.45, 7) is 2.71. The summed E-state index contributed by atoms with van der Waals surface area (Å²) < 4.78 is 7.69. The Morgan fingerprint density at radius 1 is 1.06 bits per heavy atom. The maximum Gasteiger partial charge on any atom is 0.233 e. The molecular formula is C27H36N4O2. The third-order valence-electron chi connectivity index (χ3n) is 9.15. The number of amides is 1. The normalized spacial score (nSPS) is 25.7. The fourth-order valence-electron chi connectivity index (χ4n) is 6.86. The molecule has 1 atom stereocenters. The van der Waals surface area contributed by atoms with Gasteiger partial charge in [-0.3, -0.25) is 4.79 Å². The van der Waals surface area contributed by atoms with Gasteiger partial charge in [-0.1, -0.05) is 37.8 Å². The Bertz CT molecular complexity index is 999. The first-order valence-corrected chi connectivity index (χ1v) is 13.0. The molecule has 0 N–H and O–H groups in total. The van der Waals surface area contributed by atoms with E-state index in [2.05, 4.69) is 31.8 Å². The fraction of sp³-hybridized carbons (Fsp3) is 0.667. The van der Waals surface area contributed by atoms with Gasteiger partial charge in [0.25, 0.3) is 0 Å². The van der Waals surface area contributed by atoms with Crippen molar-refractivity contribution in [3.8, 4) is 5.75 Å². The van der Waals surface area contributed by atoms with Crippen LogP contribution in [0.3, 0.4) is 0 Å². The van der Waals surface area contributed by atoms with Gasteiger partial charge in [-0.05, 0) is 67.6 Å². The smallest absolute Gasteiger partial charge is 0.233 e. The number of likely N-dealkylation sites (tertiary alicyclic amines) is 1. The van der Waals surface area contributed by atoms with Crippen LogP contribution in [0.5, 0.6) is 5.75 Å². The van der Waals surface area contributed by atoms with E-state index in [1.165, 1.54) is 38.5 Å². The van der Waals surface area contributed by atoms with Crippen LogP contribution in [0.15, 0.2) is 30.6 Å². The lowest BCUT2D eigenvalue weighted by molar-refractivity contribution is -0.138. The standard InChI is InChI=1S/C27H36N4O2/c1-33-22-10-8-21(9-11-22)27(14-3-2-4-15-27)25(32)30-17-23(26(18-30)12-5-13-26)24-29-28-19-31(24)16-20-6-7-20/h8-11,19-20,23H,2-7,12-18H2,1H3. The van der Waals surface area contributed by atoms with Crippen LogP contribution >= 0.6 is 0 Å². The lowest BCUT2D eigenvalue weighted by atomic mass is 9.62. The first-order valence-electron chi connectivity index (χ1n) is 13.0. The van der Waals surface area contributed by atoms with E-state index in [0.29, 0.717) is 11.8 Å². The molecule has 2 aromatic rings. The van der Waals surface area contributed by atoms with Crippen molar-refractivity contribution < 1.29 is 9.53 Å². The van der Waals surface area contributed by atoms with Crippen LogP contribution in [-0.2, 0) is 16.8 Å². The van der Waals surface area contributed by atoms with Crippen molar-refractivity contribution in [1.29, 1.82) is 0 Å². The molecular weight excluding hydrogens is 412 g/mol. The molecule has 4 aliphatic rings. The van der Waals surface area contributed by atoms with Gasteiger partial charge >= 0.3 is 0 Å². The van der Waals surface area contributed by atoms with Crippen LogP contribution in [0.4, 0.5) is 0 Å². The third-order valence-corrected chi connectivity index (χ3v) is 9.15. The van der Waals surface area contributed by atoms with Gasteiger partial charge in [0, 0.05) is 25.6 Å². The van der Waals surface area contributed by atoms with Crippen LogP contribution < -0.4 is 4.74 Å². The van der Waals surface area contributed by atoms with Gasteiger partial charge in [0.05, 0.1) is 12.5 Å². The summed E-state index contributed by atoms with van der Waals surface area (Å²) in [5.41, 5.74) is 0.960. The summed E-state index contributed by atoms with van der Waals surface area (Å²) in [4.78, 5) is 16.6. The predicted molar refractivity (Wildman–Crippen MR) is 126 cm³/mol. The largest absolute Gasteiger partial charge is 0.497 e. The number of ether oxygens (including phenoxy) is 1. The van der Waals surface area contributed by atoms with Crippen molar-refractivity contribution in [3.63, 3.8) is 0 Å². The van der Waals surface area contributed by atoms with Crippen molar-refractivity contribution >= 4 is 5.91 Å². The van der Waals surface area contributed by atoms with E-state index in [9.17, 15) is 4.79 Å². The molecule has 4 fully saturated rings. The molecule has 33 heavy (non-hydrogen) atoms. The van der Waals surface area contributed by atoms with E-state index in [1.54, 1.807) is 7.11 Å². The van der Waals surface area contributed by atoms with Crippen molar-refractivity contribution in [2.75, 3.05) is 20.2 Å². The van der Waals surface area contributed by atoms with Gasteiger partial charge in [-0.15, -0.1) is 10.2 Å². The average Bonchev–Trinajstić information content (AvgIpc) is 3.37. The summed E-state index contributed by atoms with van der Waals surface area (Å²) in [7, 11) is 1.70. The van der Waals surface area contributed by atoms with E-state index in [4.69, 9.17) is 4.74 Å². The molecule has 1 aromatic heterocycles. The number of aromatic nitrogens is 3. The molecule has 6 nitrogen and oxygen atoms in total. The number of methoxy groups -OCH3 is 1. The van der Waals surface area contributed by atoms with Crippen molar-refractivity contribution in [2.45, 2.75) is 82.1 Å². The molecule has 1 unspecified atom stereocenters. The van der Waals surface area contributed by atoms with E-state index in [1.807, 2.05) is 18.5 Å². The average molecular weight is 449 g/mol. The molecule has 1 aromatic carbocycles. The molecule has 0 radical (unpaired) electrons. The number of rotatable bonds is 6. The topological polar surface area (TPSA) is 60.2 Å². The lowest BCUT2D eigenvalue weighted by Crippen LogP contribution is -2.48. The quantitative estimate of drug-likeness (QED) is 0.643. The second-order valence-electron chi connectivity index (χ2n) is 11.1. The Morgan fingerprint density at radius 2 is 1.82 bits per heavy atom. The summed E-state index contributed by atoms with van der Waals surface area (Å²) in [6.07, 6.45) is 13.6. The lowest BCUT2D eigenvalue weighted by Gasteiger charge is -2.43. The zero-order valence-corrected chi connectivity index (χ0v) is 19.8. The van der Waals surface area contributed by atoms with Crippen LogP contribution in [0.1, 0.15) is 81.5 Å². The summed E-state index contributed by atoms with van der Waals surface area (Å²) >= 11 is 0. The number of hydrogen-bond donors (Lipinski definition) is 0. The minimum Gasteiger partial charge on any atom is -0.497 e. The highest BCUT2D eigenvalue weighted by Gasteiger charge is 2.56. The zero-order valence-electron chi connectivity index (χ0n) is 19.8. The number of nitrogens with zero attached hydrogens (tertiary/aromatic N) is 4. The highest BCUT2D eigenvalue weighted by atomic mass is 16.5. The molecule has 3 saturated carbocycles. The molecule has 3 aliphatic carbocycles. The van der Waals surface area contributed by atoms with Gasteiger partial charge in [0.15, 0.2) is 0 Å². The first kappa shape index (κ1) is 21.2. The minimum absolute atomic E-state index is 0.194. The molecule has 0 bridgehead atoms. The molecule has 1 amide bonds. The second-order valence-corrected chi connectivity index (χ2v) is 11.1. The minimum atomic E-state index is -0.397. The van der Waals surface area contributed by atoms with Gasteiger partial charge in [0.2, 0.25) is 5.91 Å². The van der Waals surface area contributed by atoms with Crippen LogP contribution in [0.25, 0.3) is 0 Å². The molecule has 6 rings (SSSR count). The van der Waals surface area contributed by atoms with Gasteiger partial charge in [-0.2, -0.15) is 0 Å². The Labute approximate surface area is 196 Å². The Balaban J connectivity index is 1.30. The van der Waals surface area contributed by atoms with Gasteiger partial charge in [-0.25, -0.2) is 0 Å². The Hall–Kier alpha value is -2.37. The predicted octanol–water partition coefficient (Wildman–Crippen LogP) is 4.69. The first-order chi connectivity index (χ1) is 16.1. The van der Waals surface area contributed by atoms with Crippen LogP contribution in [-0.4, -0.2) is 45.8 Å². The van der Waals surface area contributed by atoms with Gasteiger partial charge in [0.1, 0.15) is 17.9 Å². The second kappa shape index (κ2) is 8.14. The third kappa shape index (κ3) is 3.57. The van der Waals surface area contributed by atoms with Crippen molar-refractivity contribution in [3.05, 3.63) is 42.0 Å². The molecule has 1 spiro atoms. The highest BCUT2D eigenvalue weighted by Crippen LogP contribution is 2.56. The SMILES string of the molecule is COc1ccc(C2(C(=O)N3CC(c4nncn4CC4CC4)C4(CCC4)C3)CCCCC2)cc1. The number of hydrogen-bond acceptors (Lipinski definition) is 4. The monoisotopic (exact) mass is 448 g/mol. The summed E-state index contributed by atoms with van der Waals surface area (Å²) in [6, 6.07) is 8.28. The number of carbonyl (C=O) groups excluding carboxylic acids is 1. The van der Waals surface area contributed by atoms with E-state index >= 15 is 0 Å². The summed E-state index contributed by atoms with van der Waals surface area (Å²) in [5.74, 6) is 3.42. The van der Waals surface area contributed by atoms with E-state index in [-0.39, 0.29) is 5.41 Å². The maximum absolute atomic E-state index is 14.3. The molecule has 2 heterocycles. The Kier molecular flexibility index (Phi) is 5.22. The zero-order chi connectivity index (χ0) is 22.5. The van der Waals surface area contributed by atoms with Crippen LogP contribution in [0, 0.1) is 11.3 Å². The highest BCUT2D eigenvalue weighted by molar-refractivity contribution is 5.89. The van der Waals surface area contributed by atoms with E-state index < -0.39 is 5.41 Å².